The van der Waals surface area contributed by atoms with E-state index in [1.165, 1.54) is 16.6 Å². The molecule has 5 rings (SSSR count). The minimum Gasteiger partial charge on any atom is -0.285 e. The zero-order valence-electron chi connectivity index (χ0n) is 12.5. The summed E-state index contributed by atoms with van der Waals surface area (Å²) in [6, 6.07) is 16.5. The minimum atomic E-state index is 0.0803. The third kappa shape index (κ3) is 1.73. The summed E-state index contributed by atoms with van der Waals surface area (Å²) in [5.41, 5.74) is 4.58. The minimum absolute atomic E-state index is 0.0803. The fraction of sp³-hybridized carbons (Fsp3) is 0.211. The highest BCUT2D eigenvalue weighted by Gasteiger charge is 2.42. The number of fused-ring (bicyclic) bond motifs is 3. The van der Waals surface area contributed by atoms with E-state index < -0.39 is 0 Å². The molecule has 2 heterocycles. The predicted molar refractivity (Wildman–Crippen MR) is 95.0 cm³/mol. The van der Waals surface area contributed by atoms with Gasteiger partial charge >= 0.3 is 6.03 Å². The third-order valence-electron chi connectivity index (χ3n) is 5.04. The van der Waals surface area contributed by atoms with Crippen molar-refractivity contribution in [3.05, 3.63) is 64.3 Å². The maximum atomic E-state index is 13.2. The number of hydrogen-bond donors (Lipinski definition) is 0. The molecular formula is C19H15BrN2O. The van der Waals surface area contributed by atoms with Crippen molar-refractivity contribution >= 4 is 38.6 Å². The standard InChI is InChI=1S/C19H15BrN2O/c20-12-9-10-16-15(11-12)14-7-4-8-17-18(14)22(16)19(23)21(17)13-5-2-1-3-6-13/h1-3,5-6,9-11,17H,4,7-8H2. The molecule has 2 aliphatic rings. The van der Waals surface area contributed by atoms with Crippen LogP contribution in [0.25, 0.3) is 10.9 Å². The van der Waals surface area contributed by atoms with Crippen molar-refractivity contribution in [1.82, 2.24) is 4.57 Å². The average molecular weight is 367 g/mol. The molecular weight excluding hydrogens is 352 g/mol. The van der Waals surface area contributed by atoms with Crippen LogP contribution in [0.2, 0.25) is 0 Å². The lowest BCUT2D eigenvalue weighted by atomic mass is 9.91. The smallest absolute Gasteiger partial charge is 0.285 e. The summed E-state index contributed by atoms with van der Waals surface area (Å²) in [6.07, 6.45) is 3.22. The van der Waals surface area contributed by atoms with Gasteiger partial charge in [-0.3, -0.25) is 9.47 Å². The molecule has 1 aliphatic heterocycles. The molecule has 0 N–H and O–H groups in total. The summed E-state index contributed by atoms with van der Waals surface area (Å²) in [5.74, 6) is 0. The fourth-order valence-corrected chi connectivity index (χ4v) is 4.51. The van der Waals surface area contributed by atoms with Gasteiger partial charge in [-0.05, 0) is 55.2 Å². The van der Waals surface area contributed by atoms with Gasteiger partial charge in [0.05, 0.1) is 17.3 Å². The highest BCUT2D eigenvalue weighted by atomic mass is 79.9. The monoisotopic (exact) mass is 366 g/mol. The lowest BCUT2D eigenvalue weighted by Gasteiger charge is -2.27. The molecule has 0 spiro atoms. The van der Waals surface area contributed by atoms with Gasteiger partial charge in [0.15, 0.2) is 0 Å². The molecule has 0 radical (unpaired) electrons. The van der Waals surface area contributed by atoms with Crippen molar-refractivity contribution in [2.24, 2.45) is 0 Å². The van der Waals surface area contributed by atoms with Crippen molar-refractivity contribution < 1.29 is 4.79 Å². The Morgan fingerprint density at radius 1 is 1.09 bits per heavy atom. The van der Waals surface area contributed by atoms with E-state index in [1.54, 1.807) is 0 Å². The van der Waals surface area contributed by atoms with Crippen LogP contribution in [0.5, 0.6) is 0 Å². The molecule has 4 heteroatoms. The van der Waals surface area contributed by atoms with Crippen molar-refractivity contribution in [2.45, 2.75) is 25.3 Å². The van der Waals surface area contributed by atoms with Gasteiger partial charge in [-0.2, -0.15) is 0 Å². The van der Waals surface area contributed by atoms with Crippen LogP contribution < -0.4 is 4.90 Å². The maximum Gasteiger partial charge on any atom is 0.334 e. The Morgan fingerprint density at radius 2 is 1.91 bits per heavy atom. The van der Waals surface area contributed by atoms with Crippen molar-refractivity contribution in [2.75, 3.05) is 4.90 Å². The van der Waals surface area contributed by atoms with Crippen LogP contribution >= 0.6 is 15.9 Å². The van der Waals surface area contributed by atoms with Gasteiger partial charge in [0.2, 0.25) is 0 Å². The van der Waals surface area contributed by atoms with Crippen LogP contribution in [0, 0.1) is 0 Å². The van der Waals surface area contributed by atoms with E-state index in [0.29, 0.717) is 0 Å². The van der Waals surface area contributed by atoms with Gasteiger partial charge in [0.1, 0.15) is 0 Å². The Kier molecular flexibility index (Phi) is 2.74. The summed E-state index contributed by atoms with van der Waals surface area (Å²) in [4.78, 5) is 15.2. The average Bonchev–Trinajstić information content (AvgIpc) is 3.06. The molecule has 0 bridgehead atoms. The Bertz CT molecular complexity index is 945. The molecule has 23 heavy (non-hydrogen) atoms. The first-order valence-electron chi connectivity index (χ1n) is 7.97. The molecule has 3 aromatic rings. The molecule has 0 fully saturated rings. The summed E-state index contributed by atoms with van der Waals surface area (Å²) < 4.78 is 3.01. The summed E-state index contributed by atoms with van der Waals surface area (Å²) in [5, 5.41) is 1.22. The topological polar surface area (TPSA) is 25.2 Å². The first-order valence-corrected chi connectivity index (χ1v) is 8.76. The van der Waals surface area contributed by atoms with E-state index in [2.05, 4.69) is 28.1 Å². The molecule has 0 saturated carbocycles. The highest BCUT2D eigenvalue weighted by Crippen LogP contribution is 2.46. The second-order valence-corrected chi connectivity index (χ2v) is 7.17. The first kappa shape index (κ1) is 13.4. The summed E-state index contributed by atoms with van der Waals surface area (Å²) in [7, 11) is 0. The van der Waals surface area contributed by atoms with E-state index in [9.17, 15) is 4.79 Å². The number of amides is 1. The van der Waals surface area contributed by atoms with E-state index in [1.807, 2.05) is 45.9 Å². The lowest BCUT2D eigenvalue weighted by molar-refractivity contribution is 0.250. The number of carbonyl (C=O) groups excluding carboxylic acids is 1. The first-order chi connectivity index (χ1) is 11.3. The summed E-state index contributed by atoms with van der Waals surface area (Å²) in [6.45, 7) is 0. The fourth-order valence-electron chi connectivity index (χ4n) is 4.15. The van der Waals surface area contributed by atoms with Crippen molar-refractivity contribution in [3.8, 4) is 0 Å². The Hall–Kier alpha value is -2.07. The molecule has 114 valence electrons. The lowest BCUT2D eigenvalue weighted by Crippen LogP contribution is -2.30. The second-order valence-electron chi connectivity index (χ2n) is 6.26. The number of rotatable bonds is 1. The van der Waals surface area contributed by atoms with Crippen LogP contribution in [-0.4, -0.2) is 10.6 Å². The SMILES string of the molecule is O=C1N(c2ccccc2)C2CCCc3c2n1c1ccc(Br)cc31. The Labute approximate surface area is 142 Å². The van der Waals surface area contributed by atoms with E-state index in [0.717, 1.165) is 34.9 Å². The molecule has 1 aliphatic carbocycles. The van der Waals surface area contributed by atoms with E-state index >= 15 is 0 Å². The quantitative estimate of drug-likeness (QED) is 0.575. The molecule has 1 amide bonds. The molecule has 1 aromatic heterocycles. The van der Waals surface area contributed by atoms with E-state index in [-0.39, 0.29) is 12.1 Å². The van der Waals surface area contributed by atoms with Crippen molar-refractivity contribution in [3.63, 3.8) is 0 Å². The Balaban J connectivity index is 1.79. The normalized spacial score (nSPS) is 19.4. The van der Waals surface area contributed by atoms with Gasteiger partial charge in [-0.1, -0.05) is 34.1 Å². The predicted octanol–water partition coefficient (Wildman–Crippen LogP) is 5.27. The Morgan fingerprint density at radius 3 is 2.74 bits per heavy atom. The van der Waals surface area contributed by atoms with Crippen molar-refractivity contribution in [1.29, 1.82) is 0 Å². The highest BCUT2D eigenvalue weighted by molar-refractivity contribution is 9.10. The van der Waals surface area contributed by atoms with Crippen LogP contribution in [0.15, 0.2) is 53.0 Å². The number of benzene rings is 2. The molecule has 1 atom stereocenters. The molecule has 2 aromatic carbocycles. The number of halogens is 1. The number of aryl methyl sites for hydroxylation is 1. The molecule has 3 nitrogen and oxygen atoms in total. The van der Waals surface area contributed by atoms with Crippen LogP contribution in [0.4, 0.5) is 10.5 Å². The van der Waals surface area contributed by atoms with Gasteiger partial charge < -0.3 is 0 Å². The largest absolute Gasteiger partial charge is 0.334 e. The van der Waals surface area contributed by atoms with Crippen LogP contribution in [-0.2, 0) is 6.42 Å². The third-order valence-corrected chi connectivity index (χ3v) is 5.53. The number of aromatic nitrogens is 1. The number of anilines is 1. The zero-order valence-corrected chi connectivity index (χ0v) is 14.1. The number of para-hydroxylation sites is 1. The van der Waals surface area contributed by atoms with Gasteiger partial charge in [0.25, 0.3) is 0 Å². The zero-order chi connectivity index (χ0) is 15.6. The molecule has 0 saturated heterocycles. The second kappa shape index (κ2) is 4.71. The van der Waals surface area contributed by atoms with Crippen LogP contribution in [0.1, 0.15) is 30.1 Å². The molecule has 1 unspecified atom stereocenters. The van der Waals surface area contributed by atoms with Crippen LogP contribution in [0.3, 0.4) is 0 Å². The number of hydrogen-bond acceptors (Lipinski definition) is 1. The van der Waals surface area contributed by atoms with Gasteiger partial charge in [0, 0.05) is 15.5 Å². The number of carbonyl (C=O) groups is 1. The van der Waals surface area contributed by atoms with Gasteiger partial charge in [-0.25, -0.2) is 4.79 Å². The van der Waals surface area contributed by atoms with E-state index in [4.69, 9.17) is 0 Å². The summed E-state index contributed by atoms with van der Waals surface area (Å²) >= 11 is 3.56. The maximum absolute atomic E-state index is 13.2. The number of nitrogens with zero attached hydrogens (tertiary/aromatic N) is 2. The van der Waals surface area contributed by atoms with Gasteiger partial charge in [-0.15, -0.1) is 0 Å².